The minimum Gasteiger partial charge on any atom is -0.478 e. The van der Waals surface area contributed by atoms with E-state index in [9.17, 15) is 14.9 Å². The third-order valence-corrected chi connectivity index (χ3v) is 3.70. The zero-order chi connectivity index (χ0) is 17.6. The van der Waals surface area contributed by atoms with Gasteiger partial charge in [0.25, 0.3) is 5.69 Å². The van der Waals surface area contributed by atoms with Gasteiger partial charge in [-0.3, -0.25) is 14.9 Å². The summed E-state index contributed by atoms with van der Waals surface area (Å²) in [5.41, 5.74) is 1.23. The van der Waals surface area contributed by atoms with E-state index in [0.29, 0.717) is 11.3 Å². The summed E-state index contributed by atoms with van der Waals surface area (Å²) in [6, 6.07) is 23.7. The quantitative estimate of drug-likeness (QED) is 0.375. The number of nitro groups is 1. The Morgan fingerprint density at radius 1 is 0.840 bits per heavy atom. The number of nitro benzene ring substituents is 1. The van der Waals surface area contributed by atoms with Gasteiger partial charge in [0, 0.05) is 23.3 Å². The summed E-state index contributed by atoms with van der Waals surface area (Å²) in [5.74, 6) is 0.217. The minimum atomic E-state index is -0.829. The monoisotopic (exact) mass is 333 g/mol. The highest BCUT2D eigenvalue weighted by atomic mass is 16.6. The Labute approximate surface area is 144 Å². The number of hydrogen-bond acceptors (Lipinski definition) is 4. The van der Waals surface area contributed by atoms with Crippen LogP contribution in [0.25, 0.3) is 0 Å². The number of carbonyl (C=O) groups is 1. The molecular formula is C20H15NO4. The van der Waals surface area contributed by atoms with Gasteiger partial charge in [-0.25, -0.2) is 0 Å². The van der Waals surface area contributed by atoms with Crippen LogP contribution in [0.1, 0.15) is 22.0 Å². The van der Waals surface area contributed by atoms with Crippen molar-refractivity contribution in [3.8, 4) is 5.75 Å². The Kier molecular flexibility index (Phi) is 4.85. The lowest BCUT2D eigenvalue weighted by Gasteiger charge is -2.18. The first-order valence-electron chi connectivity index (χ1n) is 7.70. The second kappa shape index (κ2) is 7.40. The van der Waals surface area contributed by atoms with E-state index in [2.05, 4.69) is 0 Å². The molecule has 0 heterocycles. The SMILES string of the molecule is O=C(c1ccccc1)[C@H](Oc1ccc([N+](=O)[O-])cc1)c1ccccc1. The molecular weight excluding hydrogens is 318 g/mol. The number of ether oxygens (including phenoxy) is 1. The van der Waals surface area contributed by atoms with Crippen molar-refractivity contribution in [3.05, 3.63) is 106 Å². The van der Waals surface area contributed by atoms with Crippen LogP contribution in [0.15, 0.2) is 84.9 Å². The maximum absolute atomic E-state index is 12.9. The lowest BCUT2D eigenvalue weighted by Crippen LogP contribution is -2.19. The first kappa shape index (κ1) is 16.4. The second-order valence-electron chi connectivity index (χ2n) is 5.39. The third kappa shape index (κ3) is 3.90. The van der Waals surface area contributed by atoms with Gasteiger partial charge in [0.1, 0.15) is 5.75 Å². The number of carbonyl (C=O) groups excluding carboxylic acids is 1. The molecule has 0 saturated carbocycles. The zero-order valence-electron chi connectivity index (χ0n) is 13.2. The Balaban J connectivity index is 1.92. The van der Waals surface area contributed by atoms with Gasteiger partial charge in [0.05, 0.1) is 4.92 Å². The molecule has 25 heavy (non-hydrogen) atoms. The van der Waals surface area contributed by atoms with Crippen LogP contribution in [-0.4, -0.2) is 10.7 Å². The Morgan fingerprint density at radius 3 is 1.96 bits per heavy atom. The van der Waals surface area contributed by atoms with Gasteiger partial charge in [-0.1, -0.05) is 60.7 Å². The molecule has 0 aliphatic rings. The fourth-order valence-electron chi connectivity index (χ4n) is 2.44. The number of nitrogens with zero attached hydrogens (tertiary/aromatic N) is 1. The molecule has 0 aliphatic heterocycles. The summed E-state index contributed by atoms with van der Waals surface area (Å²) in [6.07, 6.45) is -0.829. The first-order valence-corrected chi connectivity index (χ1v) is 7.70. The van der Waals surface area contributed by atoms with Crippen molar-refractivity contribution >= 4 is 11.5 Å². The maximum atomic E-state index is 12.9. The maximum Gasteiger partial charge on any atom is 0.269 e. The fourth-order valence-corrected chi connectivity index (χ4v) is 2.44. The van der Waals surface area contributed by atoms with Crippen molar-refractivity contribution in [2.75, 3.05) is 0 Å². The topological polar surface area (TPSA) is 69.4 Å². The number of Topliss-reactive ketones (excluding diaryl/α,β-unsaturated/α-hetero) is 1. The number of hydrogen-bond donors (Lipinski definition) is 0. The van der Waals surface area contributed by atoms with Gasteiger partial charge in [0.2, 0.25) is 5.78 Å². The minimum absolute atomic E-state index is 0.0296. The lowest BCUT2D eigenvalue weighted by atomic mass is 10.00. The van der Waals surface area contributed by atoms with Crippen molar-refractivity contribution in [2.45, 2.75) is 6.10 Å². The molecule has 5 heteroatoms. The van der Waals surface area contributed by atoms with Crippen molar-refractivity contribution in [3.63, 3.8) is 0 Å². The van der Waals surface area contributed by atoms with E-state index in [0.717, 1.165) is 5.56 Å². The molecule has 0 unspecified atom stereocenters. The fraction of sp³-hybridized carbons (Fsp3) is 0.0500. The third-order valence-electron chi connectivity index (χ3n) is 3.70. The van der Waals surface area contributed by atoms with Crippen LogP contribution in [0.5, 0.6) is 5.75 Å². The van der Waals surface area contributed by atoms with E-state index >= 15 is 0 Å². The van der Waals surface area contributed by atoms with Crippen molar-refractivity contribution in [1.82, 2.24) is 0 Å². The second-order valence-corrected chi connectivity index (χ2v) is 5.39. The molecule has 0 aliphatic carbocycles. The lowest BCUT2D eigenvalue weighted by molar-refractivity contribution is -0.384. The summed E-state index contributed by atoms with van der Waals surface area (Å²) < 4.78 is 5.88. The smallest absolute Gasteiger partial charge is 0.269 e. The molecule has 1 atom stereocenters. The van der Waals surface area contributed by atoms with E-state index in [-0.39, 0.29) is 11.5 Å². The molecule has 3 aromatic carbocycles. The molecule has 5 nitrogen and oxygen atoms in total. The van der Waals surface area contributed by atoms with E-state index < -0.39 is 11.0 Å². The number of ketones is 1. The van der Waals surface area contributed by atoms with E-state index in [1.54, 1.807) is 24.3 Å². The summed E-state index contributed by atoms with van der Waals surface area (Å²) in [6.45, 7) is 0. The summed E-state index contributed by atoms with van der Waals surface area (Å²) in [5, 5.41) is 10.8. The van der Waals surface area contributed by atoms with Crippen molar-refractivity contribution < 1.29 is 14.5 Å². The van der Waals surface area contributed by atoms with Gasteiger partial charge < -0.3 is 4.74 Å². The van der Waals surface area contributed by atoms with Crippen LogP contribution in [0.4, 0.5) is 5.69 Å². The zero-order valence-corrected chi connectivity index (χ0v) is 13.2. The number of non-ortho nitro benzene ring substituents is 1. The van der Waals surface area contributed by atoms with Crippen molar-refractivity contribution in [1.29, 1.82) is 0 Å². The largest absolute Gasteiger partial charge is 0.478 e. The van der Waals surface area contributed by atoms with Crippen molar-refractivity contribution in [2.24, 2.45) is 0 Å². The Bertz CT molecular complexity index is 861. The van der Waals surface area contributed by atoms with Gasteiger partial charge in [0.15, 0.2) is 6.10 Å². The molecule has 3 rings (SSSR count). The molecule has 124 valence electrons. The predicted octanol–water partition coefficient (Wildman–Crippen LogP) is 4.60. The molecule has 0 spiro atoms. The normalized spacial score (nSPS) is 11.5. The van der Waals surface area contributed by atoms with Crippen LogP contribution in [-0.2, 0) is 0 Å². The highest BCUT2D eigenvalue weighted by Gasteiger charge is 2.24. The highest BCUT2D eigenvalue weighted by molar-refractivity contribution is 6.00. The first-order chi connectivity index (χ1) is 12.1. The summed E-state index contributed by atoms with van der Waals surface area (Å²) in [4.78, 5) is 23.2. The van der Waals surface area contributed by atoms with Crippen LogP contribution < -0.4 is 4.74 Å². The van der Waals surface area contributed by atoms with Gasteiger partial charge in [-0.15, -0.1) is 0 Å². The predicted molar refractivity (Wildman–Crippen MR) is 93.7 cm³/mol. The van der Waals surface area contributed by atoms with E-state index in [1.807, 2.05) is 36.4 Å². The van der Waals surface area contributed by atoms with Crippen LogP contribution >= 0.6 is 0 Å². The van der Waals surface area contributed by atoms with E-state index in [1.165, 1.54) is 24.3 Å². The van der Waals surface area contributed by atoms with Gasteiger partial charge in [-0.2, -0.15) is 0 Å². The molecule has 0 radical (unpaired) electrons. The van der Waals surface area contributed by atoms with Gasteiger partial charge in [-0.05, 0) is 12.1 Å². The van der Waals surface area contributed by atoms with Crippen LogP contribution in [0.2, 0.25) is 0 Å². The average Bonchev–Trinajstić information content (AvgIpc) is 2.67. The molecule has 0 aromatic heterocycles. The average molecular weight is 333 g/mol. The highest BCUT2D eigenvalue weighted by Crippen LogP contribution is 2.27. The van der Waals surface area contributed by atoms with Gasteiger partial charge >= 0.3 is 0 Å². The molecule has 0 N–H and O–H groups in total. The summed E-state index contributed by atoms with van der Waals surface area (Å²) in [7, 11) is 0. The number of benzene rings is 3. The molecule has 0 saturated heterocycles. The Hall–Kier alpha value is -3.47. The number of rotatable bonds is 6. The summed E-state index contributed by atoms with van der Waals surface area (Å²) >= 11 is 0. The molecule has 0 bridgehead atoms. The Morgan fingerprint density at radius 2 is 1.40 bits per heavy atom. The molecule has 3 aromatic rings. The van der Waals surface area contributed by atoms with Crippen LogP contribution in [0, 0.1) is 10.1 Å². The van der Waals surface area contributed by atoms with E-state index in [4.69, 9.17) is 4.74 Å². The standard InChI is InChI=1S/C20H15NO4/c22-19(15-7-3-1-4-8-15)20(16-9-5-2-6-10-16)25-18-13-11-17(12-14-18)21(23)24/h1-14,20H/t20-/m1/s1. The molecule has 0 amide bonds. The molecule has 0 fully saturated rings. The van der Waals surface area contributed by atoms with Crippen LogP contribution in [0.3, 0.4) is 0 Å².